The van der Waals surface area contributed by atoms with Crippen LogP contribution in [0.15, 0.2) is 71.7 Å². The number of carbonyl (C=O) groups is 2. The maximum atomic E-state index is 13.2. The second kappa shape index (κ2) is 13.2. The third kappa shape index (κ3) is 6.97. The van der Waals surface area contributed by atoms with E-state index in [0.29, 0.717) is 47.0 Å². The number of likely N-dealkylation sites (N-methyl/N-ethyl adjacent to an activating group) is 1. The highest BCUT2D eigenvalue weighted by molar-refractivity contribution is 6.05. The number of rotatable bonds is 7. The van der Waals surface area contributed by atoms with Gasteiger partial charge in [0.1, 0.15) is 0 Å². The number of aryl methyl sites for hydroxylation is 1. The van der Waals surface area contributed by atoms with Crippen LogP contribution in [0.1, 0.15) is 59.5 Å². The number of nitrogens with zero attached hydrogens (tertiary/aromatic N) is 4. The van der Waals surface area contributed by atoms with E-state index in [-0.39, 0.29) is 28.6 Å². The van der Waals surface area contributed by atoms with Gasteiger partial charge in [0.15, 0.2) is 5.82 Å². The van der Waals surface area contributed by atoms with Gasteiger partial charge in [-0.15, -0.1) is 0 Å². The second-order valence-corrected chi connectivity index (χ2v) is 12.8. The lowest BCUT2D eigenvalue weighted by molar-refractivity contribution is 0.0644. The van der Waals surface area contributed by atoms with Crippen molar-refractivity contribution in [3.8, 4) is 11.3 Å². The Bertz CT molecular complexity index is 1820. The molecule has 10 nitrogen and oxygen atoms in total. The zero-order valence-electron chi connectivity index (χ0n) is 27.5. The molecule has 46 heavy (non-hydrogen) atoms. The molecule has 0 spiro atoms. The van der Waals surface area contributed by atoms with Crippen molar-refractivity contribution >= 4 is 34.7 Å². The zero-order chi connectivity index (χ0) is 33.2. The quantitative estimate of drug-likeness (QED) is 0.236. The number of anilines is 4. The van der Waals surface area contributed by atoms with Crippen LogP contribution in [0.4, 0.5) is 22.9 Å². The third-order valence-electron chi connectivity index (χ3n) is 8.59. The van der Waals surface area contributed by atoms with Crippen molar-refractivity contribution < 1.29 is 9.59 Å². The Morgan fingerprint density at radius 2 is 1.67 bits per heavy atom. The molecule has 4 aromatic rings. The number of piperazine rings is 1. The van der Waals surface area contributed by atoms with Crippen LogP contribution in [0.2, 0.25) is 0 Å². The third-order valence-corrected chi connectivity index (χ3v) is 8.59. The van der Waals surface area contributed by atoms with Crippen LogP contribution in [-0.4, -0.2) is 63.9 Å². The van der Waals surface area contributed by atoms with E-state index in [1.54, 1.807) is 31.4 Å². The van der Waals surface area contributed by atoms with Gasteiger partial charge in [-0.1, -0.05) is 52.0 Å². The van der Waals surface area contributed by atoms with E-state index in [9.17, 15) is 14.4 Å². The van der Waals surface area contributed by atoms with Crippen LogP contribution < -0.4 is 21.9 Å². The fourth-order valence-electron chi connectivity index (χ4n) is 5.59. The van der Waals surface area contributed by atoms with Crippen LogP contribution in [0.25, 0.3) is 11.3 Å². The smallest absolute Gasteiger partial charge is 0.293 e. The van der Waals surface area contributed by atoms with Gasteiger partial charge in [0.05, 0.1) is 11.3 Å². The van der Waals surface area contributed by atoms with Gasteiger partial charge in [0.2, 0.25) is 0 Å². The van der Waals surface area contributed by atoms with Crippen molar-refractivity contribution in [3.63, 3.8) is 0 Å². The summed E-state index contributed by atoms with van der Waals surface area (Å²) in [6.45, 7) is 14.4. The summed E-state index contributed by atoms with van der Waals surface area (Å²) in [5.41, 5.74) is 11.8. The molecule has 1 aromatic heterocycles. The van der Waals surface area contributed by atoms with Gasteiger partial charge in [-0.25, -0.2) is 4.98 Å². The van der Waals surface area contributed by atoms with Crippen LogP contribution in [-0.2, 0) is 12.5 Å². The summed E-state index contributed by atoms with van der Waals surface area (Å²) in [6, 6.07) is 18.3. The number of nitrogens with two attached hydrogens (primary N) is 1. The molecule has 4 N–H and O–H groups in total. The van der Waals surface area contributed by atoms with Crippen molar-refractivity contribution in [1.29, 1.82) is 0 Å². The summed E-state index contributed by atoms with van der Waals surface area (Å²) in [5, 5.41) is 6.13. The molecule has 0 bridgehead atoms. The summed E-state index contributed by atoms with van der Waals surface area (Å²) in [6.07, 6.45) is 1.67. The number of hydrogen-bond acceptors (Lipinski definition) is 7. The maximum absolute atomic E-state index is 13.2. The minimum atomic E-state index is -0.322. The van der Waals surface area contributed by atoms with Gasteiger partial charge in [-0.05, 0) is 66.4 Å². The predicted molar refractivity (Wildman–Crippen MR) is 185 cm³/mol. The van der Waals surface area contributed by atoms with Crippen molar-refractivity contribution in [1.82, 2.24) is 19.4 Å². The average molecular weight is 622 g/mol. The summed E-state index contributed by atoms with van der Waals surface area (Å²) >= 11 is 0. The molecule has 2 amide bonds. The Balaban J connectivity index is 1.35. The number of nitrogens with one attached hydrogen (secondary N) is 2. The molecule has 1 saturated heterocycles. The monoisotopic (exact) mass is 621 g/mol. The van der Waals surface area contributed by atoms with E-state index in [1.165, 1.54) is 4.57 Å². The van der Waals surface area contributed by atoms with E-state index < -0.39 is 0 Å². The highest BCUT2D eigenvalue weighted by Crippen LogP contribution is 2.29. The lowest BCUT2D eigenvalue weighted by Crippen LogP contribution is -2.48. The van der Waals surface area contributed by atoms with Gasteiger partial charge in [0, 0.05) is 67.6 Å². The lowest BCUT2D eigenvalue weighted by Gasteiger charge is -2.34. The van der Waals surface area contributed by atoms with Gasteiger partial charge in [-0.2, -0.15) is 0 Å². The first kappa shape index (κ1) is 32.4. The van der Waals surface area contributed by atoms with Gasteiger partial charge >= 0.3 is 0 Å². The molecule has 240 valence electrons. The Hall–Kier alpha value is -4.96. The Labute approximate surface area is 270 Å². The summed E-state index contributed by atoms with van der Waals surface area (Å²) < 4.78 is 1.46. The summed E-state index contributed by atoms with van der Waals surface area (Å²) in [4.78, 5) is 48.2. The SMILES string of the molecule is CCN1CCN(C(=O)c2ccc(Nc3nc(-c4cccc(NC(=O)c5ccc(C(C)(C)C)cc5)c4C)cn(C)c3=O)cc2N)CC1. The average Bonchev–Trinajstić information content (AvgIpc) is 3.03. The molecule has 0 aliphatic carbocycles. The maximum Gasteiger partial charge on any atom is 0.293 e. The Kier molecular flexibility index (Phi) is 9.29. The molecular formula is C36H43N7O3. The number of nitrogen functional groups attached to an aromatic ring is 1. The van der Waals surface area contributed by atoms with E-state index in [0.717, 1.165) is 36.3 Å². The molecule has 0 unspecified atom stereocenters. The minimum Gasteiger partial charge on any atom is -0.398 e. The molecule has 0 atom stereocenters. The van der Waals surface area contributed by atoms with Crippen molar-refractivity contribution in [2.45, 2.75) is 40.0 Å². The summed E-state index contributed by atoms with van der Waals surface area (Å²) in [7, 11) is 1.66. The molecule has 1 fully saturated rings. The second-order valence-electron chi connectivity index (χ2n) is 12.8. The van der Waals surface area contributed by atoms with Crippen molar-refractivity contribution in [2.24, 2.45) is 7.05 Å². The van der Waals surface area contributed by atoms with Crippen LogP contribution in [0.5, 0.6) is 0 Å². The van der Waals surface area contributed by atoms with E-state index in [1.807, 2.05) is 54.3 Å². The van der Waals surface area contributed by atoms with Crippen molar-refractivity contribution in [2.75, 3.05) is 49.1 Å². The normalized spacial score (nSPS) is 13.8. The van der Waals surface area contributed by atoms with Crippen molar-refractivity contribution in [3.05, 3.63) is 99.5 Å². The van der Waals surface area contributed by atoms with Crippen LogP contribution >= 0.6 is 0 Å². The molecule has 5 rings (SSSR count). The first-order valence-electron chi connectivity index (χ1n) is 15.6. The first-order valence-corrected chi connectivity index (χ1v) is 15.6. The van der Waals surface area contributed by atoms with Crippen LogP contribution in [0.3, 0.4) is 0 Å². The highest BCUT2D eigenvalue weighted by atomic mass is 16.2. The number of aromatic nitrogens is 2. The molecule has 2 heterocycles. The minimum absolute atomic E-state index is 0.00420. The Morgan fingerprint density at radius 1 is 0.978 bits per heavy atom. The molecule has 0 saturated carbocycles. The first-order chi connectivity index (χ1) is 21.8. The van der Waals surface area contributed by atoms with Gasteiger partial charge < -0.3 is 30.7 Å². The largest absolute Gasteiger partial charge is 0.398 e. The van der Waals surface area contributed by atoms with Gasteiger partial charge in [-0.3, -0.25) is 14.4 Å². The molecular weight excluding hydrogens is 578 g/mol. The number of amides is 2. The number of benzene rings is 3. The lowest BCUT2D eigenvalue weighted by atomic mass is 9.86. The summed E-state index contributed by atoms with van der Waals surface area (Å²) in [5.74, 6) is -0.193. The fourth-order valence-corrected chi connectivity index (χ4v) is 5.59. The van der Waals surface area contributed by atoms with Crippen LogP contribution in [0, 0.1) is 6.92 Å². The molecule has 1 aliphatic heterocycles. The molecule has 10 heteroatoms. The van der Waals surface area contributed by atoms with Gasteiger partial charge in [0.25, 0.3) is 17.4 Å². The molecule has 1 aliphatic rings. The number of carbonyl (C=O) groups excluding carboxylic acids is 2. The fraction of sp³-hybridized carbons (Fsp3) is 0.333. The topological polar surface area (TPSA) is 126 Å². The van der Waals surface area contributed by atoms with E-state index >= 15 is 0 Å². The number of hydrogen-bond donors (Lipinski definition) is 3. The molecule has 3 aromatic carbocycles. The van der Waals surface area contributed by atoms with E-state index in [4.69, 9.17) is 5.73 Å². The Morgan fingerprint density at radius 3 is 2.30 bits per heavy atom. The standard InChI is InChI=1S/C36H43N7O3/c1-7-42-17-19-43(20-18-42)34(45)28-16-15-26(21-29(28)37)38-32-35(46)41(6)22-31(39-32)27-9-8-10-30(23(27)2)40-33(44)24-11-13-25(14-12-24)36(3,4)5/h8-16,21-22H,7,17-20,37H2,1-6H3,(H,38,39)(H,40,44). The predicted octanol–water partition coefficient (Wildman–Crippen LogP) is 5.41. The highest BCUT2D eigenvalue weighted by Gasteiger charge is 2.23. The zero-order valence-corrected chi connectivity index (χ0v) is 27.5. The molecule has 0 radical (unpaired) electrons. The van der Waals surface area contributed by atoms with E-state index in [2.05, 4.69) is 48.2 Å².